The lowest BCUT2D eigenvalue weighted by Gasteiger charge is -2.34. The Morgan fingerprint density at radius 2 is 1.89 bits per heavy atom. The van der Waals surface area contributed by atoms with Gasteiger partial charge in [-0.15, -0.1) is 11.8 Å². The summed E-state index contributed by atoms with van der Waals surface area (Å²) in [4.78, 5) is 1.20. The van der Waals surface area contributed by atoms with E-state index in [9.17, 15) is 5.11 Å². The molecular weight excluding hydrogens is 254 g/mol. The lowest BCUT2D eigenvalue weighted by Crippen LogP contribution is -2.36. The molecule has 0 heterocycles. The van der Waals surface area contributed by atoms with E-state index in [1.165, 1.54) is 11.3 Å². The van der Waals surface area contributed by atoms with Gasteiger partial charge in [0.05, 0.1) is 12.1 Å². The molecule has 0 amide bonds. The van der Waals surface area contributed by atoms with Gasteiger partial charge in [-0.3, -0.25) is 0 Å². The molecule has 2 nitrogen and oxygen atoms in total. The summed E-state index contributed by atoms with van der Waals surface area (Å²) in [5.74, 6) is 0.391. The molecule has 1 aliphatic carbocycles. The van der Waals surface area contributed by atoms with Crippen LogP contribution in [0.3, 0.4) is 0 Å². The molecule has 1 fully saturated rings. The molecule has 1 aliphatic rings. The van der Waals surface area contributed by atoms with E-state index in [0.29, 0.717) is 5.92 Å². The van der Waals surface area contributed by atoms with E-state index in [0.717, 1.165) is 18.4 Å². The number of rotatable bonds is 4. The maximum atomic E-state index is 10.4. The van der Waals surface area contributed by atoms with Crippen molar-refractivity contribution in [3.63, 3.8) is 0 Å². The molecule has 0 aliphatic heterocycles. The number of benzene rings is 1. The Hall–Kier alpha value is -0.510. The maximum Gasteiger partial charge on any atom is 0.0761 e. The normalized spacial score (nSPS) is 19.8. The Labute approximate surface area is 120 Å². The number of hydrogen-bond acceptors (Lipinski definition) is 3. The lowest BCUT2D eigenvalue weighted by molar-refractivity contribution is 0.0407. The van der Waals surface area contributed by atoms with Crippen molar-refractivity contribution in [1.82, 2.24) is 0 Å². The molecule has 2 rings (SSSR count). The summed E-state index contributed by atoms with van der Waals surface area (Å²) in [6, 6.07) is 7.95. The van der Waals surface area contributed by atoms with E-state index in [1.54, 1.807) is 0 Å². The van der Waals surface area contributed by atoms with Crippen molar-refractivity contribution in [1.29, 1.82) is 0 Å². The average Bonchev–Trinajstić information content (AvgIpc) is 2.24. The third kappa shape index (κ3) is 3.74. The van der Waals surface area contributed by atoms with Gasteiger partial charge in [-0.25, -0.2) is 0 Å². The minimum Gasteiger partial charge on any atom is -0.391 e. The number of nitrogens with two attached hydrogens (primary N) is 1. The summed E-state index contributed by atoms with van der Waals surface area (Å²) in [6.07, 6.45) is 3.05. The Morgan fingerprint density at radius 1 is 1.26 bits per heavy atom. The zero-order valence-corrected chi connectivity index (χ0v) is 12.9. The average molecular weight is 279 g/mol. The summed E-state index contributed by atoms with van der Waals surface area (Å²) < 4.78 is 0.150. The van der Waals surface area contributed by atoms with Gasteiger partial charge in [-0.1, -0.05) is 45.4 Å². The second kappa shape index (κ2) is 5.86. The van der Waals surface area contributed by atoms with Gasteiger partial charge in [0, 0.05) is 9.64 Å². The van der Waals surface area contributed by atoms with E-state index in [1.807, 2.05) is 23.9 Å². The van der Waals surface area contributed by atoms with E-state index in [2.05, 4.69) is 32.9 Å². The first-order valence-corrected chi connectivity index (χ1v) is 7.92. The van der Waals surface area contributed by atoms with Crippen LogP contribution in [0, 0.1) is 5.92 Å². The van der Waals surface area contributed by atoms with Crippen LogP contribution >= 0.6 is 11.8 Å². The summed E-state index contributed by atoms with van der Waals surface area (Å²) >= 11 is 1.82. The first-order chi connectivity index (χ1) is 8.88. The van der Waals surface area contributed by atoms with Gasteiger partial charge in [-0.2, -0.15) is 0 Å². The van der Waals surface area contributed by atoms with E-state index < -0.39 is 6.10 Å². The highest BCUT2D eigenvalue weighted by atomic mass is 32.2. The monoisotopic (exact) mass is 279 g/mol. The fraction of sp³-hybridized carbons (Fsp3) is 0.625. The fourth-order valence-corrected chi connectivity index (χ4v) is 3.57. The zero-order chi connectivity index (χ0) is 14.0. The molecule has 0 spiro atoms. The van der Waals surface area contributed by atoms with Gasteiger partial charge < -0.3 is 10.8 Å². The Morgan fingerprint density at radius 3 is 2.42 bits per heavy atom. The summed E-state index contributed by atoms with van der Waals surface area (Å²) in [6.45, 7) is 6.59. The second-order valence-corrected chi connectivity index (χ2v) is 8.33. The van der Waals surface area contributed by atoms with E-state index in [4.69, 9.17) is 5.73 Å². The minimum atomic E-state index is -0.407. The molecule has 106 valence electrons. The standard InChI is InChI=1S/C16H25NOS/c1-16(2,3)19-13-10-5-4-9-12(13)14(17)15(18)11-7-6-8-11/h4-5,9-11,14-15,18H,6-8,17H2,1-3H3/t14-,15+/m1/s1. The predicted molar refractivity (Wildman–Crippen MR) is 82.3 cm³/mol. The lowest BCUT2D eigenvalue weighted by atomic mass is 9.77. The number of aliphatic hydroxyl groups excluding tert-OH is 1. The highest BCUT2D eigenvalue weighted by Crippen LogP contribution is 2.39. The molecule has 3 N–H and O–H groups in total. The Kier molecular flexibility index (Phi) is 4.59. The number of thioether (sulfide) groups is 1. The highest BCUT2D eigenvalue weighted by Gasteiger charge is 2.32. The SMILES string of the molecule is CC(C)(C)Sc1ccccc1[C@@H](N)[C@@H](O)C1CCC1. The highest BCUT2D eigenvalue weighted by molar-refractivity contribution is 8.00. The van der Waals surface area contributed by atoms with Crippen LogP contribution in [0.5, 0.6) is 0 Å². The van der Waals surface area contributed by atoms with Crippen LogP contribution in [0.15, 0.2) is 29.2 Å². The molecule has 1 aromatic rings. The third-order valence-corrected chi connectivity index (χ3v) is 4.90. The molecule has 0 bridgehead atoms. The molecule has 1 saturated carbocycles. The van der Waals surface area contributed by atoms with Crippen LogP contribution in [-0.4, -0.2) is 16.0 Å². The van der Waals surface area contributed by atoms with Crippen molar-refractivity contribution in [3.8, 4) is 0 Å². The van der Waals surface area contributed by atoms with Crippen molar-refractivity contribution in [3.05, 3.63) is 29.8 Å². The molecule has 0 saturated heterocycles. The molecule has 1 aromatic carbocycles. The van der Waals surface area contributed by atoms with Crippen LogP contribution in [0.25, 0.3) is 0 Å². The molecule has 0 unspecified atom stereocenters. The van der Waals surface area contributed by atoms with Gasteiger partial charge in [0.25, 0.3) is 0 Å². The van der Waals surface area contributed by atoms with Gasteiger partial charge in [0.1, 0.15) is 0 Å². The molecule has 0 radical (unpaired) electrons. The van der Waals surface area contributed by atoms with Gasteiger partial charge >= 0.3 is 0 Å². The van der Waals surface area contributed by atoms with Crippen molar-refractivity contribution >= 4 is 11.8 Å². The van der Waals surface area contributed by atoms with Crippen molar-refractivity contribution < 1.29 is 5.11 Å². The first-order valence-electron chi connectivity index (χ1n) is 7.10. The summed E-state index contributed by atoms with van der Waals surface area (Å²) in [7, 11) is 0. The predicted octanol–water partition coefficient (Wildman–Crippen LogP) is 3.74. The van der Waals surface area contributed by atoms with E-state index in [-0.39, 0.29) is 10.8 Å². The largest absolute Gasteiger partial charge is 0.391 e. The first kappa shape index (κ1) is 14.9. The van der Waals surface area contributed by atoms with Crippen molar-refractivity contribution in [2.45, 2.75) is 61.8 Å². The molecule has 19 heavy (non-hydrogen) atoms. The van der Waals surface area contributed by atoms with Crippen LogP contribution in [-0.2, 0) is 0 Å². The topological polar surface area (TPSA) is 46.2 Å². The third-order valence-electron chi connectivity index (χ3n) is 3.70. The maximum absolute atomic E-state index is 10.4. The van der Waals surface area contributed by atoms with Gasteiger partial charge in [-0.05, 0) is 30.4 Å². The van der Waals surface area contributed by atoms with Crippen LogP contribution in [0.2, 0.25) is 0 Å². The molecule has 2 atom stereocenters. The summed E-state index contributed by atoms with van der Waals surface area (Å²) in [5.41, 5.74) is 7.39. The second-order valence-electron chi connectivity index (χ2n) is 6.46. The smallest absolute Gasteiger partial charge is 0.0761 e. The van der Waals surface area contributed by atoms with Crippen LogP contribution in [0.4, 0.5) is 0 Å². The van der Waals surface area contributed by atoms with Crippen molar-refractivity contribution in [2.75, 3.05) is 0 Å². The molecule has 0 aromatic heterocycles. The van der Waals surface area contributed by atoms with Crippen LogP contribution in [0.1, 0.15) is 51.6 Å². The van der Waals surface area contributed by atoms with E-state index >= 15 is 0 Å². The van der Waals surface area contributed by atoms with Crippen molar-refractivity contribution in [2.24, 2.45) is 11.7 Å². The fourth-order valence-electron chi connectivity index (χ4n) is 2.44. The minimum absolute atomic E-state index is 0.150. The Bertz CT molecular complexity index is 423. The zero-order valence-electron chi connectivity index (χ0n) is 12.1. The Balaban J connectivity index is 2.18. The molecular formula is C16H25NOS. The number of aliphatic hydroxyl groups is 1. The molecule has 3 heteroatoms. The number of hydrogen-bond donors (Lipinski definition) is 2. The summed E-state index contributed by atoms with van der Waals surface area (Å²) in [5, 5.41) is 10.4. The van der Waals surface area contributed by atoms with Gasteiger partial charge in [0.2, 0.25) is 0 Å². The quantitative estimate of drug-likeness (QED) is 0.825. The van der Waals surface area contributed by atoms with Gasteiger partial charge in [0.15, 0.2) is 0 Å². The van der Waals surface area contributed by atoms with Crippen LogP contribution < -0.4 is 5.73 Å².